The van der Waals surface area contributed by atoms with E-state index >= 15 is 0 Å². The van der Waals surface area contributed by atoms with E-state index in [1.807, 2.05) is 5.32 Å². The second kappa shape index (κ2) is 6.66. The number of hydrogen-bond acceptors (Lipinski definition) is 4. The van der Waals surface area contributed by atoms with Crippen molar-refractivity contribution in [3.8, 4) is 11.8 Å². The number of anilines is 1. The Morgan fingerprint density at radius 2 is 2.10 bits per heavy atom. The minimum Gasteiger partial charge on any atom is -0.310 e. The maximum absolute atomic E-state index is 14.9. The summed E-state index contributed by atoms with van der Waals surface area (Å²) in [6.45, 7) is -0.0778. The van der Waals surface area contributed by atoms with Crippen molar-refractivity contribution >= 4 is 22.8 Å². The highest BCUT2D eigenvalue weighted by Crippen LogP contribution is 2.45. The minimum atomic E-state index is -4.95. The maximum atomic E-state index is 14.9. The lowest BCUT2D eigenvalue weighted by molar-refractivity contribution is -0.178. The van der Waals surface area contributed by atoms with E-state index in [2.05, 4.69) is 32.2 Å². The molecule has 1 aromatic carbocycles. The molecule has 11 heteroatoms. The Balaban J connectivity index is 1.59. The molecule has 1 aliphatic heterocycles. The Bertz CT molecular complexity index is 1240. The molecular formula is C20H14F4N6O. The summed E-state index contributed by atoms with van der Waals surface area (Å²) in [5, 5.41) is 9.03. The first kappa shape index (κ1) is 19.3. The number of carbonyl (C=O) groups is 1. The SMILES string of the molecule is O=C1Nc2cc(Cn3cc4cncnc4n3)c(F)cc2[C@@](C#CC2CC2)(C(F)(F)F)N1. The smallest absolute Gasteiger partial charge is 0.310 e. The van der Waals surface area contributed by atoms with Crippen LogP contribution in [0.2, 0.25) is 0 Å². The summed E-state index contributed by atoms with van der Waals surface area (Å²) in [5.41, 5.74) is -3.17. The quantitative estimate of drug-likeness (QED) is 0.483. The van der Waals surface area contributed by atoms with Gasteiger partial charge in [-0.05, 0) is 25.0 Å². The number of aromatic nitrogens is 4. The van der Waals surface area contributed by atoms with E-state index in [0.29, 0.717) is 23.9 Å². The van der Waals surface area contributed by atoms with Gasteiger partial charge in [0.1, 0.15) is 12.1 Å². The highest BCUT2D eigenvalue weighted by Gasteiger charge is 2.59. The molecule has 1 atom stereocenters. The number of benzene rings is 1. The van der Waals surface area contributed by atoms with E-state index in [9.17, 15) is 22.4 Å². The molecule has 0 saturated heterocycles. The van der Waals surface area contributed by atoms with Crippen molar-refractivity contribution in [3.05, 3.63) is 47.8 Å². The Labute approximate surface area is 172 Å². The third-order valence-electron chi connectivity index (χ3n) is 5.17. The van der Waals surface area contributed by atoms with Crippen molar-refractivity contribution in [2.75, 3.05) is 5.32 Å². The zero-order chi connectivity index (χ0) is 21.8. The number of carbonyl (C=O) groups excluding carboxylic acids is 1. The van der Waals surface area contributed by atoms with Crippen LogP contribution in [0.4, 0.5) is 28.0 Å². The zero-order valence-corrected chi connectivity index (χ0v) is 15.8. The fourth-order valence-electron chi connectivity index (χ4n) is 3.45. The molecule has 1 aliphatic carbocycles. The second-order valence-corrected chi connectivity index (χ2v) is 7.49. The van der Waals surface area contributed by atoms with Gasteiger partial charge in [-0.15, -0.1) is 0 Å². The van der Waals surface area contributed by atoms with Gasteiger partial charge in [-0.3, -0.25) is 4.68 Å². The molecule has 3 aromatic rings. The van der Waals surface area contributed by atoms with Gasteiger partial charge in [0.05, 0.1) is 11.9 Å². The molecule has 2 aliphatic rings. The van der Waals surface area contributed by atoms with Crippen molar-refractivity contribution in [2.45, 2.75) is 31.1 Å². The van der Waals surface area contributed by atoms with Gasteiger partial charge in [0, 0.05) is 35.1 Å². The highest BCUT2D eigenvalue weighted by molar-refractivity contribution is 5.95. The third-order valence-corrected chi connectivity index (χ3v) is 5.17. The molecule has 158 valence electrons. The lowest BCUT2D eigenvalue weighted by Gasteiger charge is -2.37. The Morgan fingerprint density at radius 1 is 1.29 bits per heavy atom. The summed E-state index contributed by atoms with van der Waals surface area (Å²) >= 11 is 0. The van der Waals surface area contributed by atoms with Crippen molar-refractivity contribution in [1.29, 1.82) is 0 Å². The Morgan fingerprint density at radius 3 is 2.81 bits per heavy atom. The first-order chi connectivity index (χ1) is 14.7. The first-order valence-electron chi connectivity index (χ1n) is 9.40. The van der Waals surface area contributed by atoms with E-state index in [1.54, 1.807) is 6.20 Å². The van der Waals surface area contributed by atoms with Gasteiger partial charge in [0.25, 0.3) is 0 Å². The van der Waals surface area contributed by atoms with Crippen LogP contribution in [-0.2, 0) is 12.1 Å². The molecule has 1 saturated carbocycles. The van der Waals surface area contributed by atoms with Crippen LogP contribution < -0.4 is 10.6 Å². The van der Waals surface area contributed by atoms with Gasteiger partial charge >= 0.3 is 12.2 Å². The van der Waals surface area contributed by atoms with Crippen molar-refractivity contribution in [3.63, 3.8) is 0 Å². The van der Waals surface area contributed by atoms with E-state index < -0.39 is 29.1 Å². The van der Waals surface area contributed by atoms with Crippen LogP contribution in [0.15, 0.2) is 30.9 Å². The van der Waals surface area contributed by atoms with E-state index in [4.69, 9.17) is 0 Å². The molecule has 7 nitrogen and oxygen atoms in total. The molecule has 31 heavy (non-hydrogen) atoms. The molecule has 2 amide bonds. The Hall–Kier alpha value is -3.68. The molecular weight excluding hydrogens is 416 g/mol. The summed E-state index contributed by atoms with van der Waals surface area (Å²) in [4.78, 5) is 20.0. The molecule has 1 fully saturated rings. The average Bonchev–Trinajstić information content (AvgIpc) is 3.44. The number of hydrogen-bond donors (Lipinski definition) is 2. The number of amides is 2. The molecule has 0 radical (unpaired) electrons. The molecule has 0 spiro atoms. The summed E-state index contributed by atoms with van der Waals surface area (Å²) in [7, 11) is 0. The predicted molar refractivity (Wildman–Crippen MR) is 101 cm³/mol. The van der Waals surface area contributed by atoms with E-state index in [-0.39, 0.29) is 23.7 Å². The highest BCUT2D eigenvalue weighted by atomic mass is 19.4. The van der Waals surface area contributed by atoms with Gasteiger partial charge in [0.15, 0.2) is 5.65 Å². The van der Waals surface area contributed by atoms with Crippen LogP contribution >= 0.6 is 0 Å². The topological polar surface area (TPSA) is 84.7 Å². The van der Waals surface area contributed by atoms with Crippen LogP contribution in [0.25, 0.3) is 11.0 Å². The summed E-state index contributed by atoms with van der Waals surface area (Å²) in [6, 6.07) is 0.892. The number of rotatable bonds is 2. The molecule has 2 N–H and O–H groups in total. The molecule has 2 aromatic heterocycles. The zero-order valence-electron chi connectivity index (χ0n) is 15.8. The van der Waals surface area contributed by atoms with Gasteiger partial charge in [-0.1, -0.05) is 11.8 Å². The molecule has 3 heterocycles. The second-order valence-electron chi connectivity index (χ2n) is 7.49. The van der Waals surface area contributed by atoms with Crippen molar-refractivity contribution in [2.24, 2.45) is 5.92 Å². The van der Waals surface area contributed by atoms with Gasteiger partial charge in [-0.2, -0.15) is 18.3 Å². The Kier molecular flexibility index (Phi) is 4.15. The third kappa shape index (κ3) is 3.34. The number of urea groups is 1. The number of nitrogens with one attached hydrogen (secondary N) is 2. The van der Waals surface area contributed by atoms with Crippen LogP contribution in [0.3, 0.4) is 0 Å². The maximum Gasteiger partial charge on any atom is 0.427 e. The number of nitrogens with zero attached hydrogens (tertiary/aromatic N) is 4. The van der Waals surface area contributed by atoms with E-state index in [1.165, 1.54) is 23.3 Å². The van der Waals surface area contributed by atoms with Crippen molar-refractivity contribution in [1.82, 2.24) is 25.1 Å². The molecule has 5 rings (SSSR count). The van der Waals surface area contributed by atoms with Gasteiger partial charge in [0.2, 0.25) is 5.54 Å². The van der Waals surface area contributed by atoms with Crippen LogP contribution in [0, 0.1) is 23.6 Å². The van der Waals surface area contributed by atoms with Crippen LogP contribution in [-0.4, -0.2) is 32.0 Å². The largest absolute Gasteiger partial charge is 0.427 e. The average molecular weight is 430 g/mol. The normalized spacial score (nSPS) is 20.5. The first-order valence-corrected chi connectivity index (χ1v) is 9.40. The summed E-state index contributed by atoms with van der Waals surface area (Å²) in [5.74, 6) is 3.74. The van der Waals surface area contributed by atoms with Gasteiger partial charge in [-0.25, -0.2) is 19.2 Å². The molecule has 0 unspecified atom stereocenters. The summed E-state index contributed by atoms with van der Waals surface area (Å²) < 4.78 is 58.7. The lowest BCUT2D eigenvalue weighted by Crippen LogP contribution is -2.59. The predicted octanol–water partition coefficient (Wildman–Crippen LogP) is 3.32. The fraction of sp³-hybridized carbons (Fsp3) is 0.300. The number of alkyl halides is 3. The standard InChI is InChI=1S/C20H14F4N6O/c21-15-6-14-16(5-12(15)8-30-9-13-7-25-10-26-17(13)29-30)27-18(31)28-19(14,20(22,23)24)4-3-11-1-2-11/h5-7,9-11H,1-2,8H2,(H2,27,28,31)/t19-/m0/s1. The van der Waals surface area contributed by atoms with Gasteiger partial charge < -0.3 is 10.6 Å². The van der Waals surface area contributed by atoms with Crippen molar-refractivity contribution < 1.29 is 22.4 Å². The number of fused-ring (bicyclic) bond motifs is 2. The molecule has 0 bridgehead atoms. The minimum absolute atomic E-state index is 0.0490. The number of halogens is 4. The van der Waals surface area contributed by atoms with Crippen LogP contribution in [0.1, 0.15) is 24.0 Å². The lowest BCUT2D eigenvalue weighted by atomic mass is 9.85. The monoisotopic (exact) mass is 430 g/mol. The fourth-order valence-corrected chi connectivity index (χ4v) is 3.45. The van der Waals surface area contributed by atoms with Crippen LogP contribution in [0.5, 0.6) is 0 Å². The van der Waals surface area contributed by atoms with E-state index in [0.717, 1.165) is 6.07 Å². The summed E-state index contributed by atoms with van der Waals surface area (Å²) in [6.07, 6.45) is 0.910.